The van der Waals surface area contributed by atoms with Crippen LogP contribution >= 0.6 is 15.9 Å². The SMILES string of the molecule is CN1CCC(C)(CNc2ncc(Br)cc2[N+](=O)[O-])CC1. The lowest BCUT2D eigenvalue weighted by Crippen LogP contribution is -2.40. The number of halogens is 1. The molecular formula is C13H19BrN4O2. The van der Waals surface area contributed by atoms with Crippen molar-refractivity contribution in [2.45, 2.75) is 19.8 Å². The van der Waals surface area contributed by atoms with Gasteiger partial charge in [-0.05, 0) is 54.3 Å². The molecule has 7 heteroatoms. The van der Waals surface area contributed by atoms with E-state index in [1.165, 1.54) is 6.07 Å². The molecule has 0 amide bonds. The second-order valence-corrected chi connectivity index (χ2v) is 6.66. The normalized spacial score (nSPS) is 18.8. The highest BCUT2D eigenvalue weighted by molar-refractivity contribution is 9.10. The second kappa shape index (κ2) is 6.05. The van der Waals surface area contributed by atoms with Crippen molar-refractivity contribution in [3.8, 4) is 0 Å². The van der Waals surface area contributed by atoms with E-state index in [2.05, 4.69) is 45.1 Å². The van der Waals surface area contributed by atoms with Gasteiger partial charge in [0.2, 0.25) is 5.82 Å². The topological polar surface area (TPSA) is 71.3 Å². The first-order valence-electron chi connectivity index (χ1n) is 6.62. The summed E-state index contributed by atoms with van der Waals surface area (Å²) in [5, 5.41) is 14.2. The van der Waals surface area contributed by atoms with E-state index in [0.29, 0.717) is 16.8 Å². The minimum absolute atomic E-state index is 0.0101. The molecule has 0 radical (unpaired) electrons. The van der Waals surface area contributed by atoms with Gasteiger partial charge in [-0.2, -0.15) is 0 Å². The predicted molar refractivity (Wildman–Crippen MR) is 81.9 cm³/mol. The summed E-state index contributed by atoms with van der Waals surface area (Å²) in [7, 11) is 2.12. The molecule has 0 spiro atoms. The summed E-state index contributed by atoms with van der Waals surface area (Å²) in [6, 6.07) is 1.48. The Morgan fingerprint density at radius 1 is 1.55 bits per heavy atom. The highest BCUT2D eigenvalue weighted by atomic mass is 79.9. The Balaban J connectivity index is 2.05. The number of nitrogens with zero attached hydrogens (tertiary/aromatic N) is 3. The van der Waals surface area contributed by atoms with Crippen LogP contribution < -0.4 is 5.32 Å². The molecule has 2 rings (SSSR count). The van der Waals surface area contributed by atoms with Crippen molar-refractivity contribution in [3.05, 3.63) is 26.9 Å². The molecule has 0 atom stereocenters. The maximum Gasteiger partial charge on any atom is 0.312 e. The number of nitro groups is 1. The average Bonchev–Trinajstić information content (AvgIpc) is 2.41. The summed E-state index contributed by atoms with van der Waals surface area (Å²) in [5.74, 6) is 0.346. The quantitative estimate of drug-likeness (QED) is 0.672. The molecule has 1 aromatic heterocycles. The molecule has 0 bridgehead atoms. The number of rotatable bonds is 4. The second-order valence-electron chi connectivity index (χ2n) is 5.75. The molecule has 0 unspecified atom stereocenters. The largest absolute Gasteiger partial charge is 0.364 e. The van der Waals surface area contributed by atoms with Crippen LogP contribution in [0, 0.1) is 15.5 Å². The Morgan fingerprint density at radius 3 is 2.80 bits per heavy atom. The van der Waals surface area contributed by atoms with E-state index >= 15 is 0 Å². The van der Waals surface area contributed by atoms with Gasteiger partial charge in [-0.25, -0.2) is 4.98 Å². The molecule has 0 saturated carbocycles. The number of pyridine rings is 1. The van der Waals surface area contributed by atoms with Crippen molar-refractivity contribution in [2.75, 3.05) is 32.0 Å². The Hall–Kier alpha value is -1.21. The first-order valence-corrected chi connectivity index (χ1v) is 7.41. The molecule has 1 aliphatic rings. The highest BCUT2D eigenvalue weighted by Gasteiger charge is 2.29. The van der Waals surface area contributed by atoms with E-state index < -0.39 is 4.92 Å². The zero-order valence-corrected chi connectivity index (χ0v) is 13.3. The number of likely N-dealkylation sites (tertiary alicyclic amines) is 1. The van der Waals surface area contributed by atoms with Crippen LogP contribution in [0.2, 0.25) is 0 Å². The Bertz CT molecular complexity index is 501. The first-order chi connectivity index (χ1) is 9.39. The van der Waals surface area contributed by atoms with Crippen molar-refractivity contribution in [1.82, 2.24) is 9.88 Å². The van der Waals surface area contributed by atoms with E-state index in [1.54, 1.807) is 6.20 Å². The van der Waals surface area contributed by atoms with Crippen LogP contribution in [0.4, 0.5) is 11.5 Å². The summed E-state index contributed by atoms with van der Waals surface area (Å²) in [5.41, 5.74) is 0.172. The van der Waals surface area contributed by atoms with Gasteiger partial charge in [0.05, 0.1) is 4.92 Å². The average molecular weight is 343 g/mol. The van der Waals surface area contributed by atoms with Crippen molar-refractivity contribution < 1.29 is 4.92 Å². The monoisotopic (exact) mass is 342 g/mol. The lowest BCUT2D eigenvalue weighted by Gasteiger charge is -2.38. The number of aromatic nitrogens is 1. The third kappa shape index (κ3) is 3.67. The highest BCUT2D eigenvalue weighted by Crippen LogP contribution is 2.32. The number of nitrogens with one attached hydrogen (secondary N) is 1. The van der Waals surface area contributed by atoms with E-state index in [9.17, 15) is 10.1 Å². The summed E-state index contributed by atoms with van der Waals surface area (Å²) in [6.45, 7) is 5.05. The van der Waals surface area contributed by atoms with Crippen LogP contribution in [0.5, 0.6) is 0 Å². The van der Waals surface area contributed by atoms with E-state index in [0.717, 1.165) is 25.9 Å². The van der Waals surface area contributed by atoms with E-state index in [-0.39, 0.29) is 11.1 Å². The van der Waals surface area contributed by atoms with Gasteiger partial charge in [0.15, 0.2) is 0 Å². The fourth-order valence-electron chi connectivity index (χ4n) is 2.34. The van der Waals surface area contributed by atoms with Crippen LogP contribution in [0.15, 0.2) is 16.7 Å². The molecular weight excluding hydrogens is 324 g/mol. The number of piperidine rings is 1. The van der Waals surface area contributed by atoms with Crippen molar-refractivity contribution in [2.24, 2.45) is 5.41 Å². The molecule has 2 heterocycles. The molecule has 1 saturated heterocycles. The zero-order valence-electron chi connectivity index (χ0n) is 11.7. The third-order valence-corrected chi connectivity index (χ3v) is 4.34. The molecule has 6 nitrogen and oxygen atoms in total. The molecule has 1 aliphatic heterocycles. The van der Waals surface area contributed by atoms with Crippen molar-refractivity contribution in [1.29, 1.82) is 0 Å². The predicted octanol–water partition coefficient (Wildman–Crippen LogP) is 2.90. The summed E-state index contributed by atoms with van der Waals surface area (Å²) >= 11 is 3.21. The summed E-state index contributed by atoms with van der Waals surface area (Å²) < 4.78 is 0.611. The van der Waals surface area contributed by atoms with Crippen LogP contribution in [0.25, 0.3) is 0 Å². The molecule has 0 aromatic carbocycles. The molecule has 1 fully saturated rings. The van der Waals surface area contributed by atoms with Crippen LogP contribution in [0.1, 0.15) is 19.8 Å². The third-order valence-electron chi connectivity index (χ3n) is 3.91. The van der Waals surface area contributed by atoms with E-state index in [1.807, 2.05) is 0 Å². The van der Waals surface area contributed by atoms with Gasteiger partial charge in [-0.1, -0.05) is 6.92 Å². The van der Waals surface area contributed by atoms with Gasteiger partial charge in [0, 0.05) is 23.3 Å². The van der Waals surface area contributed by atoms with Gasteiger partial charge < -0.3 is 10.2 Å². The standard InChI is InChI=1S/C13H19BrN4O2/c1-13(3-5-17(2)6-4-13)9-16-12-11(18(19)20)7-10(14)8-15-12/h7-8H,3-6,9H2,1-2H3,(H,15,16). The summed E-state index contributed by atoms with van der Waals surface area (Å²) in [6.07, 6.45) is 3.74. The van der Waals surface area contributed by atoms with Crippen molar-refractivity contribution in [3.63, 3.8) is 0 Å². The Labute approximate surface area is 126 Å². The smallest absolute Gasteiger partial charge is 0.312 e. The first kappa shape index (κ1) is 15.2. The molecule has 1 aromatic rings. The van der Waals surface area contributed by atoms with Crippen molar-refractivity contribution >= 4 is 27.4 Å². The lowest BCUT2D eigenvalue weighted by molar-refractivity contribution is -0.384. The van der Waals surface area contributed by atoms with Crippen LogP contribution in [-0.2, 0) is 0 Å². The Morgan fingerprint density at radius 2 is 2.20 bits per heavy atom. The minimum Gasteiger partial charge on any atom is -0.364 e. The number of hydrogen-bond acceptors (Lipinski definition) is 5. The number of anilines is 1. The van der Waals surface area contributed by atoms with Gasteiger partial charge in [0.25, 0.3) is 0 Å². The summed E-state index contributed by atoms with van der Waals surface area (Å²) in [4.78, 5) is 17.1. The minimum atomic E-state index is -0.406. The molecule has 0 aliphatic carbocycles. The Kier molecular flexibility index (Phi) is 4.59. The van der Waals surface area contributed by atoms with Gasteiger partial charge >= 0.3 is 5.69 Å². The number of hydrogen-bond donors (Lipinski definition) is 1. The lowest BCUT2D eigenvalue weighted by atomic mass is 9.80. The van der Waals surface area contributed by atoms with Crippen LogP contribution in [-0.4, -0.2) is 41.5 Å². The molecule has 20 heavy (non-hydrogen) atoms. The molecule has 1 N–H and O–H groups in total. The fraction of sp³-hybridized carbons (Fsp3) is 0.615. The fourth-order valence-corrected chi connectivity index (χ4v) is 2.66. The molecule has 110 valence electrons. The zero-order chi connectivity index (χ0) is 14.8. The van der Waals surface area contributed by atoms with Gasteiger partial charge in [-0.3, -0.25) is 10.1 Å². The van der Waals surface area contributed by atoms with Gasteiger partial charge in [0.1, 0.15) is 0 Å². The maximum atomic E-state index is 11.0. The van der Waals surface area contributed by atoms with Gasteiger partial charge in [-0.15, -0.1) is 0 Å². The van der Waals surface area contributed by atoms with Crippen LogP contribution in [0.3, 0.4) is 0 Å². The van der Waals surface area contributed by atoms with E-state index in [4.69, 9.17) is 0 Å². The maximum absolute atomic E-state index is 11.0.